The van der Waals surface area contributed by atoms with Gasteiger partial charge in [0.25, 0.3) is 0 Å². The normalized spacial score (nSPS) is 27.0. The van der Waals surface area contributed by atoms with Gasteiger partial charge in [0.1, 0.15) is 24.0 Å². The lowest BCUT2D eigenvalue weighted by molar-refractivity contribution is -0.437. The lowest BCUT2D eigenvalue weighted by Crippen LogP contribution is -2.68. The van der Waals surface area contributed by atoms with Crippen molar-refractivity contribution >= 4 is 34.7 Å². The van der Waals surface area contributed by atoms with Gasteiger partial charge in [-0.2, -0.15) is 11.8 Å². The fourth-order valence-corrected chi connectivity index (χ4v) is 4.48. The summed E-state index contributed by atoms with van der Waals surface area (Å²) >= 11 is 1.53. The molecule has 0 aliphatic heterocycles. The van der Waals surface area contributed by atoms with Crippen molar-refractivity contribution in [1.29, 1.82) is 0 Å². The summed E-state index contributed by atoms with van der Waals surface area (Å²) in [5, 5.41) is 31.5. The molecule has 1 fully saturated rings. The van der Waals surface area contributed by atoms with Crippen LogP contribution < -0.4 is 16.6 Å². The highest BCUT2D eigenvalue weighted by atomic mass is 32.2. The minimum atomic E-state index is -1.16. The van der Waals surface area contributed by atoms with Crippen LogP contribution in [0.3, 0.4) is 0 Å². The Bertz CT molecular complexity index is 787. The van der Waals surface area contributed by atoms with Crippen LogP contribution in [0, 0.1) is 5.92 Å². The van der Waals surface area contributed by atoms with Gasteiger partial charge in [-0.05, 0) is 23.8 Å². The van der Waals surface area contributed by atoms with E-state index in [1.807, 2.05) is 0 Å². The molecule has 0 aromatic carbocycles. The van der Waals surface area contributed by atoms with Gasteiger partial charge in [0.05, 0.1) is 24.4 Å². The third kappa shape index (κ3) is 3.61. The number of aliphatic hydroxyl groups excluding tert-OH is 2. The number of aliphatic carboxylic acids is 1. The van der Waals surface area contributed by atoms with Crippen LogP contribution in [0.4, 0.5) is 5.82 Å². The number of carbonyl (C=O) groups excluding carboxylic acids is 1. The predicted octanol–water partition coefficient (Wildman–Crippen LogP) is -2.82. The Morgan fingerprint density at radius 1 is 1.42 bits per heavy atom. The average molecular weight is 382 g/mol. The SMILES string of the molecule is Nc1ncnc2c1ncn2[C@@H]1C[C@H](CSCC[C@H]([NH3+])C(=O)[O-])[C@@H](O)[C@H]1O. The number of carboxylic acid groups (broad SMARTS) is 1. The van der Waals surface area contributed by atoms with E-state index in [-0.39, 0.29) is 17.8 Å². The summed E-state index contributed by atoms with van der Waals surface area (Å²) in [5.74, 6) is 0.199. The van der Waals surface area contributed by atoms with Crippen LogP contribution >= 0.6 is 11.8 Å². The molecule has 0 amide bonds. The number of aromatic nitrogens is 4. The molecule has 0 saturated heterocycles. The van der Waals surface area contributed by atoms with Gasteiger partial charge in [0, 0.05) is 6.42 Å². The first-order chi connectivity index (χ1) is 12.4. The van der Waals surface area contributed by atoms with Crippen molar-refractivity contribution in [1.82, 2.24) is 19.5 Å². The summed E-state index contributed by atoms with van der Waals surface area (Å²) < 4.78 is 1.73. The first-order valence-corrected chi connectivity index (χ1v) is 9.46. The molecule has 5 atom stereocenters. The smallest absolute Gasteiger partial charge is 0.165 e. The minimum absolute atomic E-state index is 0.122. The highest BCUT2D eigenvalue weighted by Gasteiger charge is 2.42. The van der Waals surface area contributed by atoms with Gasteiger partial charge in [-0.25, -0.2) is 15.0 Å². The van der Waals surface area contributed by atoms with E-state index in [2.05, 4.69) is 20.7 Å². The molecule has 1 saturated carbocycles. The van der Waals surface area contributed by atoms with E-state index in [1.165, 1.54) is 18.1 Å². The molecule has 0 bridgehead atoms. The molecular weight excluding hydrogens is 360 g/mol. The van der Waals surface area contributed by atoms with Gasteiger partial charge >= 0.3 is 0 Å². The molecular formula is C15H22N6O4S. The van der Waals surface area contributed by atoms with Gasteiger partial charge in [-0.1, -0.05) is 0 Å². The maximum Gasteiger partial charge on any atom is 0.165 e. The van der Waals surface area contributed by atoms with E-state index in [4.69, 9.17) is 5.73 Å². The molecule has 2 aromatic heterocycles. The van der Waals surface area contributed by atoms with Crippen molar-refractivity contribution in [2.45, 2.75) is 37.1 Å². The number of carboxylic acids is 1. The summed E-state index contributed by atoms with van der Waals surface area (Å²) in [6.07, 6.45) is 2.04. The first kappa shape index (κ1) is 18.8. The Kier molecular flexibility index (Phi) is 5.61. The molecule has 0 radical (unpaired) electrons. The van der Waals surface area contributed by atoms with Crippen LogP contribution in [0.2, 0.25) is 0 Å². The van der Waals surface area contributed by atoms with Crippen molar-refractivity contribution in [3.63, 3.8) is 0 Å². The van der Waals surface area contributed by atoms with Crippen LogP contribution in [0.1, 0.15) is 18.9 Å². The van der Waals surface area contributed by atoms with Gasteiger partial charge in [-0.15, -0.1) is 0 Å². The Morgan fingerprint density at radius 2 is 2.19 bits per heavy atom. The molecule has 0 spiro atoms. The summed E-state index contributed by atoms with van der Waals surface area (Å²) in [7, 11) is 0. The lowest BCUT2D eigenvalue weighted by atomic mass is 10.1. The highest BCUT2D eigenvalue weighted by Crippen LogP contribution is 2.38. The maximum absolute atomic E-state index is 10.7. The van der Waals surface area contributed by atoms with E-state index in [0.29, 0.717) is 35.5 Å². The van der Waals surface area contributed by atoms with Crippen molar-refractivity contribution in [3.05, 3.63) is 12.7 Å². The number of hydrogen-bond acceptors (Lipinski definition) is 9. The van der Waals surface area contributed by atoms with Crippen LogP contribution in [0.15, 0.2) is 12.7 Å². The number of thioether (sulfide) groups is 1. The number of rotatable bonds is 7. The second-order valence-corrected chi connectivity index (χ2v) is 7.66. The monoisotopic (exact) mass is 382 g/mol. The molecule has 1 aliphatic rings. The van der Waals surface area contributed by atoms with E-state index in [9.17, 15) is 20.1 Å². The van der Waals surface area contributed by atoms with E-state index < -0.39 is 24.2 Å². The first-order valence-electron chi connectivity index (χ1n) is 8.31. The third-order valence-electron chi connectivity index (χ3n) is 4.79. The second-order valence-electron chi connectivity index (χ2n) is 6.51. The number of nitrogen functional groups attached to an aromatic ring is 1. The quantitative estimate of drug-likeness (QED) is 0.367. The Morgan fingerprint density at radius 3 is 2.92 bits per heavy atom. The number of anilines is 1. The maximum atomic E-state index is 10.7. The highest BCUT2D eigenvalue weighted by molar-refractivity contribution is 7.99. The number of imidazole rings is 1. The Balaban J connectivity index is 1.64. The predicted molar refractivity (Wildman–Crippen MR) is 92.5 cm³/mol. The Labute approximate surface area is 153 Å². The van der Waals surface area contributed by atoms with E-state index in [0.717, 1.165) is 0 Å². The third-order valence-corrected chi connectivity index (χ3v) is 5.98. The van der Waals surface area contributed by atoms with Crippen LogP contribution in [0.25, 0.3) is 11.2 Å². The van der Waals surface area contributed by atoms with Crippen LogP contribution in [-0.4, -0.2) is 65.5 Å². The van der Waals surface area contributed by atoms with E-state index in [1.54, 1.807) is 10.9 Å². The molecule has 142 valence electrons. The number of fused-ring (bicyclic) bond motifs is 1. The van der Waals surface area contributed by atoms with E-state index >= 15 is 0 Å². The molecule has 11 heteroatoms. The Hall–Kier alpha value is -1.95. The molecule has 2 heterocycles. The van der Waals surface area contributed by atoms with Crippen LogP contribution in [0.5, 0.6) is 0 Å². The molecule has 1 aliphatic carbocycles. The largest absolute Gasteiger partial charge is 0.544 e. The number of quaternary nitrogens is 1. The number of nitrogens with two attached hydrogens (primary N) is 1. The summed E-state index contributed by atoms with van der Waals surface area (Å²) in [6.45, 7) is 0. The van der Waals surface area contributed by atoms with Crippen LogP contribution in [-0.2, 0) is 4.79 Å². The van der Waals surface area contributed by atoms with Crippen molar-refractivity contribution in [2.75, 3.05) is 17.2 Å². The summed E-state index contributed by atoms with van der Waals surface area (Å²) in [5.41, 5.74) is 10.3. The number of hydrogen-bond donors (Lipinski definition) is 4. The van der Waals surface area contributed by atoms with Crippen molar-refractivity contribution in [2.24, 2.45) is 5.92 Å². The van der Waals surface area contributed by atoms with Gasteiger partial charge in [-0.3, -0.25) is 0 Å². The standard InChI is InChI=1S/C15H22N6O4S/c16-8(15(24)25)1-2-26-4-7-3-9(12(23)11(7)22)21-6-20-10-13(17)18-5-19-14(10)21/h5-9,11-12,22-23H,1-4,16H2,(H,24,25)(H2,17,18,19)/t7-,8+,9-,11-,12+/m1/s1. The zero-order valence-corrected chi connectivity index (χ0v) is 14.9. The fraction of sp³-hybridized carbons (Fsp3) is 0.600. The van der Waals surface area contributed by atoms with Gasteiger partial charge in [0.15, 0.2) is 11.5 Å². The molecule has 10 nitrogen and oxygen atoms in total. The molecule has 3 rings (SSSR count). The fourth-order valence-electron chi connectivity index (χ4n) is 3.23. The zero-order chi connectivity index (χ0) is 18.8. The topological polar surface area (TPSA) is 178 Å². The molecule has 0 unspecified atom stereocenters. The number of nitrogens with zero attached hydrogens (tertiary/aromatic N) is 4. The lowest BCUT2D eigenvalue weighted by Gasteiger charge is -2.18. The molecule has 26 heavy (non-hydrogen) atoms. The van der Waals surface area contributed by atoms with Gasteiger partial charge < -0.3 is 36.1 Å². The minimum Gasteiger partial charge on any atom is -0.544 e. The molecule has 7 N–H and O–H groups in total. The number of aliphatic hydroxyl groups is 2. The molecule has 2 aromatic rings. The second kappa shape index (κ2) is 7.74. The van der Waals surface area contributed by atoms with Crippen molar-refractivity contribution in [3.8, 4) is 0 Å². The number of carbonyl (C=O) groups is 1. The van der Waals surface area contributed by atoms with Gasteiger partial charge in [0.2, 0.25) is 0 Å². The summed E-state index contributed by atoms with van der Waals surface area (Å²) in [4.78, 5) is 23.0. The van der Waals surface area contributed by atoms with Crippen molar-refractivity contribution < 1.29 is 25.8 Å². The summed E-state index contributed by atoms with van der Waals surface area (Å²) in [6, 6.07) is -1.10. The zero-order valence-electron chi connectivity index (χ0n) is 14.1. The average Bonchev–Trinajstić information content (AvgIpc) is 3.15.